The van der Waals surface area contributed by atoms with Gasteiger partial charge in [-0.2, -0.15) is 0 Å². The molecule has 0 aliphatic carbocycles. The molecule has 0 radical (unpaired) electrons. The molecule has 128 valence electrons. The van der Waals surface area contributed by atoms with Crippen LogP contribution in [0.25, 0.3) is 0 Å². The van der Waals surface area contributed by atoms with Gasteiger partial charge in [0.2, 0.25) is 0 Å². The Labute approximate surface area is 143 Å². The molecule has 2 rings (SSSR count). The largest absolute Gasteiger partial charge is 0.497 e. The van der Waals surface area contributed by atoms with Crippen LogP contribution in [-0.2, 0) is 5.54 Å². The summed E-state index contributed by atoms with van der Waals surface area (Å²) >= 11 is 0. The minimum absolute atomic E-state index is 0.279. The Morgan fingerprint density at radius 1 is 1.04 bits per heavy atom. The lowest BCUT2D eigenvalue weighted by Gasteiger charge is -2.30. The summed E-state index contributed by atoms with van der Waals surface area (Å²) in [5.74, 6) is 1.23. The van der Waals surface area contributed by atoms with Crippen LogP contribution < -0.4 is 20.1 Å². The first kappa shape index (κ1) is 17.7. The molecule has 5 heteroatoms. The zero-order valence-corrected chi connectivity index (χ0v) is 14.6. The number of hydrogen-bond acceptors (Lipinski definition) is 3. The Balaban J connectivity index is 2.15. The third-order valence-electron chi connectivity index (χ3n) is 4.12. The fourth-order valence-corrected chi connectivity index (χ4v) is 2.46. The molecule has 2 aromatic rings. The van der Waals surface area contributed by atoms with Crippen LogP contribution in [0, 0.1) is 0 Å². The topological polar surface area (TPSA) is 59.6 Å². The van der Waals surface area contributed by atoms with E-state index >= 15 is 0 Å². The molecular formula is C19H24N2O3. The van der Waals surface area contributed by atoms with Crippen LogP contribution in [-0.4, -0.2) is 20.3 Å². The molecule has 24 heavy (non-hydrogen) atoms. The number of hydrogen-bond donors (Lipinski definition) is 2. The first-order valence-corrected chi connectivity index (χ1v) is 7.88. The molecule has 5 nitrogen and oxygen atoms in total. The van der Waals surface area contributed by atoms with Gasteiger partial charge in [0.25, 0.3) is 0 Å². The van der Waals surface area contributed by atoms with Crippen LogP contribution in [0.3, 0.4) is 0 Å². The fourth-order valence-electron chi connectivity index (χ4n) is 2.46. The van der Waals surface area contributed by atoms with Gasteiger partial charge >= 0.3 is 6.03 Å². The minimum Gasteiger partial charge on any atom is -0.497 e. The Kier molecular flexibility index (Phi) is 5.68. The maximum atomic E-state index is 12.5. The standard InChI is InChI=1S/C19H24N2O3/c1-5-19(2,14-9-7-6-8-10-14)21-18(22)20-15-11-16(23-3)13-17(12-15)24-4/h6-13H,5H2,1-4H3,(H2,20,21,22). The monoisotopic (exact) mass is 328 g/mol. The molecule has 2 amide bonds. The highest BCUT2D eigenvalue weighted by atomic mass is 16.5. The summed E-state index contributed by atoms with van der Waals surface area (Å²) in [7, 11) is 3.14. The lowest BCUT2D eigenvalue weighted by Crippen LogP contribution is -2.45. The van der Waals surface area contributed by atoms with Crippen LogP contribution in [0.5, 0.6) is 11.5 Å². The second kappa shape index (κ2) is 7.73. The lowest BCUT2D eigenvalue weighted by molar-refractivity contribution is 0.238. The number of benzene rings is 2. The lowest BCUT2D eigenvalue weighted by atomic mass is 9.89. The number of ether oxygens (including phenoxy) is 2. The summed E-state index contributed by atoms with van der Waals surface area (Å²) in [5, 5.41) is 5.89. The molecular weight excluding hydrogens is 304 g/mol. The smallest absolute Gasteiger partial charge is 0.319 e. The highest BCUT2D eigenvalue weighted by molar-refractivity contribution is 5.90. The maximum absolute atomic E-state index is 12.5. The van der Waals surface area contributed by atoms with Crippen LogP contribution >= 0.6 is 0 Å². The van der Waals surface area contributed by atoms with Crippen LogP contribution in [0.1, 0.15) is 25.8 Å². The van der Waals surface area contributed by atoms with Gasteiger partial charge in [-0.05, 0) is 18.9 Å². The van der Waals surface area contributed by atoms with E-state index in [4.69, 9.17) is 9.47 Å². The number of carbonyl (C=O) groups excluding carboxylic acids is 1. The molecule has 0 heterocycles. The summed E-state index contributed by atoms with van der Waals surface area (Å²) in [4.78, 5) is 12.5. The van der Waals surface area contributed by atoms with E-state index in [0.29, 0.717) is 17.2 Å². The predicted molar refractivity (Wildman–Crippen MR) is 95.8 cm³/mol. The number of methoxy groups -OCH3 is 2. The van der Waals surface area contributed by atoms with Crippen molar-refractivity contribution in [2.24, 2.45) is 0 Å². The molecule has 2 N–H and O–H groups in total. The predicted octanol–water partition coefficient (Wildman–Crippen LogP) is 4.15. The van der Waals surface area contributed by atoms with Gasteiger partial charge < -0.3 is 20.1 Å². The number of carbonyl (C=O) groups is 1. The molecule has 0 aromatic heterocycles. The molecule has 0 saturated carbocycles. The summed E-state index contributed by atoms with van der Waals surface area (Å²) in [5.41, 5.74) is 1.22. The molecule has 0 aliphatic heterocycles. The van der Waals surface area contributed by atoms with Crippen molar-refractivity contribution >= 4 is 11.7 Å². The Bertz CT molecular complexity index is 666. The molecule has 0 fully saturated rings. The molecule has 2 aromatic carbocycles. The van der Waals surface area contributed by atoms with E-state index in [9.17, 15) is 4.79 Å². The Hall–Kier alpha value is -2.69. The van der Waals surface area contributed by atoms with Gasteiger partial charge in [-0.1, -0.05) is 37.3 Å². The molecule has 1 unspecified atom stereocenters. The summed E-state index contributed by atoms with van der Waals surface area (Å²) in [6.07, 6.45) is 0.770. The number of rotatable bonds is 6. The second-order valence-electron chi connectivity index (χ2n) is 5.73. The molecule has 1 atom stereocenters. The van der Waals surface area contributed by atoms with E-state index in [-0.39, 0.29) is 6.03 Å². The molecule has 0 aliphatic rings. The summed E-state index contributed by atoms with van der Waals surface area (Å²) in [6.45, 7) is 4.05. The Morgan fingerprint density at radius 2 is 1.62 bits per heavy atom. The van der Waals surface area contributed by atoms with Crippen LogP contribution in [0.4, 0.5) is 10.5 Å². The van der Waals surface area contributed by atoms with E-state index in [2.05, 4.69) is 10.6 Å². The van der Waals surface area contributed by atoms with E-state index in [1.165, 1.54) is 0 Å². The molecule has 0 saturated heterocycles. The van der Waals surface area contributed by atoms with Crippen LogP contribution in [0.2, 0.25) is 0 Å². The van der Waals surface area contributed by atoms with E-state index in [1.54, 1.807) is 32.4 Å². The summed E-state index contributed by atoms with van der Waals surface area (Å²) < 4.78 is 10.4. The van der Waals surface area contributed by atoms with Crippen molar-refractivity contribution in [3.05, 3.63) is 54.1 Å². The first-order chi connectivity index (χ1) is 11.5. The van der Waals surface area contributed by atoms with Crippen molar-refractivity contribution in [2.75, 3.05) is 19.5 Å². The zero-order valence-electron chi connectivity index (χ0n) is 14.6. The van der Waals surface area contributed by atoms with Crippen molar-refractivity contribution in [3.63, 3.8) is 0 Å². The van der Waals surface area contributed by atoms with Crippen molar-refractivity contribution in [2.45, 2.75) is 25.8 Å². The van der Waals surface area contributed by atoms with E-state index in [1.807, 2.05) is 44.2 Å². The Morgan fingerprint density at radius 3 is 2.12 bits per heavy atom. The molecule has 0 spiro atoms. The van der Waals surface area contributed by atoms with Gasteiger partial charge in [-0.3, -0.25) is 0 Å². The number of nitrogens with one attached hydrogen (secondary N) is 2. The van der Waals surface area contributed by atoms with Gasteiger partial charge in [0.05, 0.1) is 19.8 Å². The van der Waals surface area contributed by atoms with Gasteiger partial charge in [0.1, 0.15) is 11.5 Å². The van der Waals surface area contributed by atoms with Crippen molar-refractivity contribution in [1.82, 2.24) is 5.32 Å². The second-order valence-corrected chi connectivity index (χ2v) is 5.73. The normalized spacial score (nSPS) is 12.8. The number of amides is 2. The zero-order chi connectivity index (χ0) is 17.6. The SMILES string of the molecule is CCC(C)(NC(=O)Nc1cc(OC)cc(OC)c1)c1ccccc1. The van der Waals surface area contributed by atoms with E-state index in [0.717, 1.165) is 12.0 Å². The third-order valence-corrected chi connectivity index (χ3v) is 4.12. The van der Waals surface area contributed by atoms with Crippen molar-refractivity contribution in [1.29, 1.82) is 0 Å². The van der Waals surface area contributed by atoms with Gasteiger partial charge in [0, 0.05) is 23.9 Å². The summed E-state index contributed by atoms with van der Waals surface area (Å²) in [6, 6.07) is 14.9. The highest BCUT2D eigenvalue weighted by Crippen LogP contribution is 2.27. The van der Waals surface area contributed by atoms with Crippen molar-refractivity contribution in [3.8, 4) is 11.5 Å². The van der Waals surface area contributed by atoms with Crippen molar-refractivity contribution < 1.29 is 14.3 Å². The fraction of sp³-hybridized carbons (Fsp3) is 0.316. The maximum Gasteiger partial charge on any atom is 0.319 e. The van der Waals surface area contributed by atoms with Gasteiger partial charge in [-0.25, -0.2) is 4.79 Å². The van der Waals surface area contributed by atoms with E-state index < -0.39 is 5.54 Å². The highest BCUT2D eigenvalue weighted by Gasteiger charge is 2.26. The van der Waals surface area contributed by atoms with Gasteiger partial charge in [0.15, 0.2) is 0 Å². The quantitative estimate of drug-likeness (QED) is 0.837. The third kappa shape index (κ3) is 4.19. The average molecular weight is 328 g/mol. The number of urea groups is 1. The average Bonchev–Trinajstić information content (AvgIpc) is 2.61. The van der Waals surface area contributed by atoms with Gasteiger partial charge in [-0.15, -0.1) is 0 Å². The minimum atomic E-state index is -0.450. The molecule has 0 bridgehead atoms. The van der Waals surface area contributed by atoms with Crippen LogP contribution in [0.15, 0.2) is 48.5 Å². The first-order valence-electron chi connectivity index (χ1n) is 7.88. The number of anilines is 1.